The topological polar surface area (TPSA) is 76.6 Å². The molecule has 0 unspecified atom stereocenters. The van der Waals surface area contributed by atoms with Crippen LogP contribution in [0.15, 0.2) is 35.1 Å². The average molecular weight is 292 g/mol. The van der Waals surface area contributed by atoms with Crippen molar-refractivity contribution in [1.29, 1.82) is 0 Å². The van der Waals surface area contributed by atoms with E-state index < -0.39 is 16.6 Å². The third kappa shape index (κ3) is 3.07. The Bertz CT molecular complexity index is 683. The van der Waals surface area contributed by atoms with Gasteiger partial charge in [0.25, 0.3) is 11.6 Å². The van der Waals surface area contributed by atoms with Crippen molar-refractivity contribution in [2.75, 3.05) is 7.05 Å². The van der Waals surface area contributed by atoms with Crippen LogP contribution in [0.2, 0.25) is 0 Å². The van der Waals surface area contributed by atoms with Crippen molar-refractivity contribution in [3.05, 3.63) is 63.3 Å². The average Bonchev–Trinajstić information content (AvgIpc) is 2.93. The molecule has 0 fully saturated rings. The van der Waals surface area contributed by atoms with Crippen LogP contribution in [0.5, 0.6) is 0 Å². The maximum absolute atomic E-state index is 14.0. The standard InChI is InChI=1S/C14H13FN2O4/c1-9-5-11(17(19)20)6-12(13(9)15)14(18)16(2)7-10-3-4-21-8-10/h3-6,8H,7H2,1-2H3. The summed E-state index contributed by atoms with van der Waals surface area (Å²) in [5.41, 5.74) is 0.180. The van der Waals surface area contributed by atoms with E-state index in [0.29, 0.717) is 0 Å². The summed E-state index contributed by atoms with van der Waals surface area (Å²) >= 11 is 0. The molecule has 7 heteroatoms. The lowest BCUT2D eigenvalue weighted by Gasteiger charge is -2.17. The Kier molecular flexibility index (Phi) is 4.02. The second kappa shape index (κ2) is 5.74. The minimum absolute atomic E-state index is 0.0595. The number of amides is 1. The predicted octanol–water partition coefficient (Wildman–Crippen LogP) is 2.91. The molecule has 0 aliphatic rings. The van der Waals surface area contributed by atoms with Crippen LogP contribution in [0.25, 0.3) is 0 Å². The van der Waals surface area contributed by atoms with Crippen LogP contribution in [-0.4, -0.2) is 22.8 Å². The molecule has 1 amide bonds. The number of benzene rings is 1. The highest BCUT2D eigenvalue weighted by molar-refractivity contribution is 5.95. The molecule has 6 nitrogen and oxygen atoms in total. The van der Waals surface area contributed by atoms with E-state index in [1.165, 1.54) is 31.4 Å². The Morgan fingerprint density at radius 1 is 1.48 bits per heavy atom. The van der Waals surface area contributed by atoms with Gasteiger partial charge in [0.1, 0.15) is 5.82 Å². The number of furan rings is 1. The van der Waals surface area contributed by atoms with Crippen LogP contribution in [0.1, 0.15) is 21.5 Å². The summed E-state index contributed by atoms with van der Waals surface area (Å²) < 4.78 is 18.9. The number of aryl methyl sites for hydroxylation is 1. The number of carbonyl (C=O) groups excluding carboxylic acids is 1. The van der Waals surface area contributed by atoms with Crippen molar-refractivity contribution in [1.82, 2.24) is 4.90 Å². The van der Waals surface area contributed by atoms with Crippen molar-refractivity contribution in [2.45, 2.75) is 13.5 Å². The summed E-state index contributed by atoms with van der Waals surface area (Å²) in [6.07, 6.45) is 2.94. The molecule has 0 saturated heterocycles. The van der Waals surface area contributed by atoms with Crippen molar-refractivity contribution < 1.29 is 18.5 Å². The van der Waals surface area contributed by atoms with Crippen LogP contribution < -0.4 is 0 Å². The fourth-order valence-electron chi connectivity index (χ4n) is 1.95. The number of non-ortho nitro benzene ring substituents is 1. The van der Waals surface area contributed by atoms with Crippen LogP contribution in [0.4, 0.5) is 10.1 Å². The zero-order valence-corrected chi connectivity index (χ0v) is 11.5. The summed E-state index contributed by atoms with van der Waals surface area (Å²) in [5.74, 6) is -1.37. The molecule has 1 heterocycles. The van der Waals surface area contributed by atoms with E-state index in [9.17, 15) is 19.3 Å². The number of halogens is 1. The van der Waals surface area contributed by atoms with Gasteiger partial charge in [-0.1, -0.05) is 0 Å². The highest BCUT2D eigenvalue weighted by Gasteiger charge is 2.22. The van der Waals surface area contributed by atoms with Gasteiger partial charge in [0.2, 0.25) is 0 Å². The fourth-order valence-corrected chi connectivity index (χ4v) is 1.95. The molecule has 21 heavy (non-hydrogen) atoms. The Labute approximate surface area is 119 Å². The molecule has 0 radical (unpaired) electrons. The molecule has 0 N–H and O–H groups in total. The highest BCUT2D eigenvalue weighted by Crippen LogP contribution is 2.22. The Balaban J connectivity index is 2.31. The van der Waals surface area contributed by atoms with Crippen molar-refractivity contribution in [3.8, 4) is 0 Å². The molecule has 2 aromatic rings. The second-order valence-corrected chi connectivity index (χ2v) is 4.67. The predicted molar refractivity (Wildman–Crippen MR) is 72.3 cm³/mol. The van der Waals surface area contributed by atoms with Gasteiger partial charge in [0.05, 0.1) is 23.0 Å². The first-order valence-corrected chi connectivity index (χ1v) is 6.11. The second-order valence-electron chi connectivity index (χ2n) is 4.67. The number of hydrogen-bond donors (Lipinski definition) is 0. The number of hydrogen-bond acceptors (Lipinski definition) is 4. The molecule has 0 bridgehead atoms. The molecule has 1 aromatic carbocycles. The van der Waals surface area contributed by atoms with E-state index >= 15 is 0 Å². The summed E-state index contributed by atoms with van der Waals surface area (Å²) in [6.45, 7) is 1.60. The molecule has 2 rings (SSSR count). The van der Waals surface area contributed by atoms with Crippen LogP contribution in [-0.2, 0) is 6.54 Å². The van der Waals surface area contributed by atoms with Gasteiger partial charge < -0.3 is 9.32 Å². The van der Waals surface area contributed by atoms with Gasteiger partial charge in [0.15, 0.2) is 0 Å². The first kappa shape index (κ1) is 14.7. The van der Waals surface area contributed by atoms with E-state index in [2.05, 4.69) is 0 Å². The first-order chi connectivity index (χ1) is 9.90. The normalized spacial score (nSPS) is 10.4. The summed E-state index contributed by atoms with van der Waals surface area (Å²) in [7, 11) is 1.49. The van der Waals surface area contributed by atoms with E-state index in [1.807, 2.05) is 0 Å². The van der Waals surface area contributed by atoms with Crippen LogP contribution in [0.3, 0.4) is 0 Å². The molecule has 0 atom stereocenters. The zero-order valence-electron chi connectivity index (χ0n) is 11.5. The summed E-state index contributed by atoms with van der Waals surface area (Å²) in [4.78, 5) is 23.7. The molecule has 0 aliphatic carbocycles. The van der Waals surface area contributed by atoms with Crippen molar-refractivity contribution in [3.63, 3.8) is 0 Å². The lowest BCUT2D eigenvalue weighted by atomic mass is 10.1. The minimum Gasteiger partial charge on any atom is -0.472 e. The van der Waals surface area contributed by atoms with E-state index in [4.69, 9.17) is 4.42 Å². The summed E-state index contributed by atoms with van der Waals surface area (Å²) in [6, 6.07) is 3.73. The van der Waals surface area contributed by atoms with Gasteiger partial charge in [-0.3, -0.25) is 14.9 Å². The van der Waals surface area contributed by atoms with Crippen LogP contribution >= 0.6 is 0 Å². The maximum atomic E-state index is 14.0. The summed E-state index contributed by atoms with van der Waals surface area (Å²) in [5, 5.41) is 10.8. The van der Waals surface area contributed by atoms with E-state index in [1.54, 1.807) is 6.07 Å². The molecular formula is C14H13FN2O4. The van der Waals surface area contributed by atoms with Crippen molar-refractivity contribution >= 4 is 11.6 Å². The highest BCUT2D eigenvalue weighted by atomic mass is 19.1. The minimum atomic E-state index is -0.746. The fraction of sp³-hybridized carbons (Fsp3) is 0.214. The number of nitro groups is 1. The van der Waals surface area contributed by atoms with Crippen molar-refractivity contribution in [2.24, 2.45) is 0 Å². The Morgan fingerprint density at radius 3 is 2.76 bits per heavy atom. The third-order valence-corrected chi connectivity index (χ3v) is 3.03. The first-order valence-electron chi connectivity index (χ1n) is 6.11. The van der Waals surface area contributed by atoms with E-state index in [0.717, 1.165) is 17.7 Å². The third-order valence-electron chi connectivity index (χ3n) is 3.03. The van der Waals surface area contributed by atoms with Crippen LogP contribution in [0, 0.1) is 22.9 Å². The lowest BCUT2D eigenvalue weighted by Crippen LogP contribution is -2.27. The quantitative estimate of drug-likeness (QED) is 0.641. The number of carbonyl (C=O) groups is 1. The maximum Gasteiger partial charge on any atom is 0.270 e. The zero-order chi connectivity index (χ0) is 15.6. The number of rotatable bonds is 4. The SMILES string of the molecule is Cc1cc([N+](=O)[O-])cc(C(=O)N(C)Cc2ccoc2)c1F. The molecule has 110 valence electrons. The molecule has 0 spiro atoms. The van der Waals surface area contributed by atoms with Gasteiger partial charge in [-0.25, -0.2) is 4.39 Å². The lowest BCUT2D eigenvalue weighted by molar-refractivity contribution is -0.385. The monoisotopic (exact) mass is 292 g/mol. The van der Waals surface area contributed by atoms with Gasteiger partial charge in [-0.15, -0.1) is 0 Å². The molecular weight excluding hydrogens is 279 g/mol. The van der Waals surface area contributed by atoms with Gasteiger partial charge >= 0.3 is 0 Å². The molecule has 1 aromatic heterocycles. The van der Waals surface area contributed by atoms with Gasteiger partial charge in [-0.05, 0) is 18.6 Å². The van der Waals surface area contributed by atoms with Gasteiger partial charge in [0, 0.05) is 31.3 Å². The van der Waals surface area contributed by atoms with E-state index in [-0.39, 0.29) is 23.4 Å². The number of nitrogens with zero attached hydrogens (tertiary/aromatic N) is 2. The smallest absolute Gasteiger partial charge is 0.270 e. The Hall–Kier alpha value is -2.70. The Morgan fingerprint density at radius 2 is 2.19 bits per heavy atom. The van der Waals surface area contributed by atoms with Gasteiger partial charge in [-0.2, -0.15) is 0 Å². The largest absolute Gasteiger partial charge is 0.472 e. The molecule has 0 aliphatic heterocycles. The molecule has 0 saturated carbocycles. The number of nitro benzene ring substituents is 1.